The van der Waals surface area contributed by atoms with E-state index < -0.39 is 0 Å². The zero-order chi connectivity index (χ0) is 17.2. The molecule has 1 aromatic carbocycles. The molecule has 24 heavy (non-hydrogen) atoms. The first-order valence-electron chi connectivity index (χ1n) is 7.72. The highest BCUT2D eigenvalue weighted by Gasteiger charge is 2.15. The predicted molar refractivity (Wildman–Crippen MR) is 98.4 cm³/mol. The first-order chi connectivity index (χ1) is 11.4. The summed E-state index contributed by atoms with van der Waals surface area (Å²) >= 11 is 1.41. The van der Waals surface area contributed by atoms with Crippen LogP contribution in [0.25, 0.3) is 10.7 Å². The molecule has 3 aromatic rings. The number of carbonyl (C=O) groups excluding carboxylic acids is 1. The van der Waals surface area contributed by atoms with Crippen molar-refractivity contribution in [1.29, 1.82) is 0 Å². The van der Waals surface area contributed by atoms with Gasteiger partial charge in [0.2, 0.25) is 0 Å². The Balaban J connectivity index is 1.73. The van der Waals surface area contributed by atoms with Crippen molar-refractivity contribution >= 4 is 22.9 Å². The number of benzene rings is 1. The molecule has 0 aliphatic heterocycles. The van der Waals surface area contributed by atoms with Crippen molar-refractivity contribution in [3.63, 3.8) is 0 Å². The maximum atomic E-state index is 12.4. The number of hydrogen-bond donors (Lipinski definition) is 1. The molecular weight excluding hydrogens is 318 g/mol. The second-order valence-electron chi connectivity index (χ2n) is 6.53. The minimum atomic E-state index is -0.211. The molecule has 0 spiro atoms. The van der Waals surface area contributed by atoms with E-state index in [0.29, 0.717) is 5.69 Å². The van der Waals surface area contributed by atoms with E-state index in [9.17, 15) is 4.79 Å². The number of thiazole rings is 1. The van der Waals surface area contributed by atoms with Crippen LogP contribution >= 0.6 is 11.3 Å². The number of nitrogens with one attached hydrogen (secondary N) is 1. The summed E-state index contributed by atoms with van der Waals surface area (Å²) in [6.07, 6.45) is 1.72. The number of aromatic nitrogens is 2. The maximum absolute atomic E-state index is 12.4. The second kappa shape index (κ2) is 6.53. The van der Waals surface area contributed by atoms with Crippen molar-refractivity contribution in [3.05, 3.63) is 65.3 Å². The number of amides is 1. The third-order valence-electron chi connectivity index (χ3n) is 3.63. The van der Waals surface area contributed by atoms with Gasteiger partial charge in [-0.3, -0.25) is 9.78 Å². The molecule has 0 atom stereocenters. The smallest absolute Gasteiger partial charge is 0.275 e. The summed E-state index contributed by atoms with van der Waals surface area (Å²) in [7, 11) is 0. The number of nitrogens with zero attached hydrogens (tertiary/aromatic N) is 2. The molecule has 1 N–H and O–H groups in total. The van der Waals surface area contributed by atoms with Gasteiger partial charge in [-0.05, 0) is 35.2 Å². The Morgan fingerprint density at radius 2 is 1.83 bits per heavy atom. The molecule has 3 rings (SSSR count). The predicted octanol–water partition coefficient (Wildman–Crippen LogP) is 4.75. The number of carbonyl (C=O) groups is 1. The van der Waals surface area contributed by atoms with Crippen molar-refractivity contribution in [2.75, 3.05) is 5.32 Å². The van der Waals surface area contributed by atoms with E-state index in [0.717, 1.165) is 16.4 Å². The minimum Gasteiger partial charge on any atom is -0.321 e. The SMILES string of the molecule is CC(C)(C)c1ccc(NC(=O)c2csc(-c3ccccn3)n2)cc1. The largest absolute Gasteiger partial charge is 0.321 e. The first-order valence-corrected chi connectivity index (χ1v) is 8.60. The van der Waals surface area contributed by atoms with Gasteiger partial charge in [0.05, 0.1) is 5.69 Å². The second-order valence-corrected chi connectivity index (χ2v) is 7.39. The van der Waals surface area contributed by atoms with Gasteiger partial charge in [0.1, 0.15) is 10.7 Å². The quantitative estimate of drug-likeness (QED) is 0.750. The fourth-order valence-corrected chi connectivity index (χ4v) is 3.01. The number of rotatable bonds is 3. The fraction of sp³-hybridized carbons (Fsp3) is 0.211. The van der Waals surface area contributed by atoms with E-state index in [4.69, 9.17) is 0 Å². The van der Waals surface area contributed by atoms with Crippen molar-refractivity contribution in [1.82, 2.24) is 9.97 Å². The summed E-state index contributed by atoms with van der Waals surface area (Å²) in [4.78, 5) is 21.0. The van der Waals surface area contributed by atoms with Crippen molar-refractivity contribution in [3.8, 4) is 10.7 Å². The lowest BCUT2D eigenvalue weighted by Gasteiger charge is -2.19. The fourth-order valence-electron chi connectivity index (χ4n) is 2.23. The molecule has 0 saturated carbocycles. The lowest BCUT2D eigenvalue weighted by Crippen LogP contribution is -2.14. The van der Waals surface area contributed by atoms with E-state index in [1.807, 2.05) is 42.5 Å². The van der Waals surface area contributed by atoms with Gasteiger partial charge < -0.3 is 5.32 Å². The van der Waals surface area contributed by atoms with Crippen LogP contribution in [0.1, 0.15) is 36.8 Å². The molecular formula is C19H19N3OS. The van der Waals surface area contributed by atoms with Crippen LogP contribution in [-0.4, -0.2) is 15.9 Å². The number of hydrogen-bond acceptors (Lipinski definition) is 4. The molecule has 0 aliphatic carbocycles. The van der Waals surface area contributed by atoms with Crippen LogP contribution in [0.5, 0.6) is 0 Å². The van der Waals surface area contributed by atoms with Gasteiger partial charge in [-0.1, -0.05) is 39.0 Å². The Morgan fingerprint density at radius 1 is 1.08 bits per heavy atom. The molecule has 122 valence electrons. The van der Waals surface area contributed by atoms with Crippen LogP contribution in [0.2, 0.25) is 0 Å². The summed E-state index contributed by atoms with van der Waals surface area (Å²) in [5.41, 5.74) is 3.26. The van der Waals surface area contributed by atoms with E-state index in [1.54, 1.807) is 11.6 Å². The van der Waals surface area contributed by atoms with Gasteiger partial charge in [0.15, 0.2) is 0 Å². The Morgan fingerprint density at radius 3 is 2.46 bits per heavy atom. The molecule has 2 heterocycles. The Kier molecular flexibility index (Phi) is 4.44. The van der Waals surface area contributed by atoms with Crippen LogP contribution in [0.4, 0.5) is 5.69 Å². The summed E-state index contributed by atoms with van der Waals surface area (Å²) in [5.74, 6) is -0.211. The molecule has 2 aromatic heterocycles. The lowest BCUT2D eigenvalue weighted by molar-refractivity contribution is 0.102. The van der Waals surface area contributed by atoms with E-state index >= 15 is 0 Å². The van der Waals surface area contributed by atoms with Crippen LogP contribution in [0, 0.1) is 0 Å². The highest BCUT2D eigenvalue weighted by atomic mass is 32.1. The highest BCUT2D eigenvalue weighted by Crippen LogP contribution is 2.24. The zero-order valence-corrected chi connectivity index (χ0v) is 14.7. The van der Waals surface area contributed by atoms with Crippen LogP contribution in [0.15, 0.2) is 54.0 Å². The Bertz CT molecular complexity index is 833. The van der Waals surface area contributed by atoms with Crippen molar-refractivity contribution in [2.24, 2.45) is 0 Å². The van der Waals surface area contributed by atoms with Crippen molar-refractivity contribution in [2.45, 2.75) is 26.2 Å². The number of anilines is 1. The minimum absolute atomic E-state index is 0.0923. The van der Waals surface area contributed by atoms with Crippen LogP contribution < -0.4 is 5.32 Å². The molecule has 0 fully saturated rings. The normalized spacial score (nSPS) is 11.3. The van der Waals surface area contributed by atoms with E-state index in [-0.39, 0.29) is 11.3 Å². The molecule has 0 bridgehead atoms. The Hall–Kier alpha value is -2.53. The summed E-state index contributed by atoms with van der Waals surface area (Å²) in [6.45, 7) is 6.49. The molecule has 5 heteroatoms. The van der Waals surface area contributed by atoms with Gasteiger partial charge in [0.25, 0.3) is 5.91 Å². The monoisotopic (exact) mass is 337 g/mol. The molecule has 0 radical (unpaired) electrons. The maximum Gasteiger partial charge on any atom is 0.275 e. The molecule has 0 unspecified atom stereocenters. The average molecular weight is 337 g/mol. The zero-order valence-electron chi connectivity index (χ0n) is 13.9. The van der Waals surface area contributed by atoms with Gasteiger partial charge >= 0.3 is 0 Å². The van der Waals surface area contributed by atoms with Crippen molar-refractivity contribution < 1.29 is 4.79 Å². The Labute approximate surface area is 145 Å². The third kappa shape index (κ3) is 3.68. The van der Waals surface area contributed by atoms with Gasteiger partial charge in [-0.15, -0.1) is 11.3 Å². The average Bonchev–Trinajstić information content (AvgIpc) is 3.05. The molecule has 0 aliphatic rings. The molecule has 1 amide bonds. The van der Waals surface area contributed by atoms with E-state index in [1.165, 1.54) is 16.9 Å². The summed E-state index contributed by atoms with van der Waals surface area (Å²) < 4.78 is 0. The molecule has 4 nitrogen and oxygen atoms in total. The summed E-state index contributed by atoms with van der Waals surface area (Å²) in [6, 6.07) is 13.6. The first kappa shape index (κ1) is 16.3. The topological polar surface area (TPSA) is 54.9 Å². The van der Waals surface area contributed by atoms with E-state index in [2.05, 4.69) is 36.1 Å². The number of pyridine rings is 1. The van der Waals surface area contributed by atoms with Gasteiger partial charge in [-0.25, -0.2) is 4.98 Å². The highest BCUT2D eigenvalue weighted by molar-refractivity contribution is 7.13. The molecule has 0 saturated heterocycles. The van der Waals surface area contributed by atoms with Gasteiger partial charge in [0, 0.05) is 17.3 Å². The van der Waals surface area contributed by atoms with Crippen LogP contribution in [-0.2, 0) is 5.41 Å². The summed E-state index contributed by atoms with van der Waals surface area (Å²) in [5, 5.41) is 5.38. The third-order valence-corrected chi connectivity index (χ3v) is 4.49. The standard InChI is InChI=1S/C19H19N3OS/c1-19(2,3)13-7-9-14(10-8-13)21-17(23)16-12-24-18(22-16)15-6-4-5-11-20-15/h4-12H,1-3H3,(H,21,23). The lowest BCUT2D eigenvalue weighted by atomic mass is 9.87. The van der Waals surface area contributed by atoms with Crippen LogP contribution in [0.3, 0.4) is 0 Å². The van der Waals surface area contributed by atoms with Gasteiger partial charge in [-0.2, -0.15) is 0 Å².